The molecule has 0 bridgehead atoms. The molecule has 134 valence electrons. The Hall–Kier alpha value is -2.35. The summed E-state index contributed by atoms with van der Waals surface area (Å²) in [6.45, 7) is 11.7. The average molecular weight is 362 g/mol. The van der Waals surface area contributed by atoms with Crippen molar-refractivity contribution in [1.29, 1.82) is 0 Å². The number of aryl methyl sites for hydroxylation is 2. The molecule has 2 aromatic rings. The summed E-state index contributed by atoms with van der Waals surface area (Å²) in [4.78, 5) is 27.6. The Morgan fingerprint density at radius 2 is 2.04 bits per heavy atom. The van der Waals surface area contributed by atoms with Gasteiger partial charge in [0.25, 0.3) is 0 Å². The first-order chi connectivity index (χ1) is 11.9. The summed E-state index contributed by atoms with van der Waals surface area (Å²) in [6, 6.07) is 0. The van der Waals surface area contributed by atoms with E-state index in [4.69, 9.17) is 4.74 Å². The van der Waals surface area contributed by atoms with Crippen molar-refractivity contribution >= 4 is 23.5 Å². The van der Waals surface area contributed by atoms with Crippen molar-refractivity contribution in [2.45, 2.75) is 39.4 Å². The zero-order chi connectivity index (χ0) is 18.6. The Bertz CT molecular complexity index is 807. The predicted octanol–water partition coefficient (Wildman–Crippen LogP) is 2.87. The van der Waals surface area contributed by atoms with Gasteiger partial charge in [-0.1, -0.05) is 17.8 Å². The molecule has 0 amide bonds. The summed E-state index contributed by atoms with van der Waals surface area (Å²) in [5, 5.41) is 8.80. The minimum absolute atomic E-state index is 0.0717. The van der Waals surface area contributed by atoms with Crippen LogP contribution in [0.1, 0.15) is 44.9 Å². The first-order valence-electron chi connectivity index (χ1n) is 7.93. The van der Waals surface area contributed by atoms with Gasteiger partial charge >= 0.3 is 5.97 Å². The third-order valence-corrected chi connectivity index (χ3v) is 4.71. The number of ketones is 1. The number of allylic oxidation sites excluding steroid dienone is 1. The van der Waals surface area contributed by atoms with Gasteiger partial charge in [0.2, 0.25) is 0 Å². The molecule has 0 aromatic carbocycles. The van der Waals surface area contributed by atoms with Crippen LogP contribution >= 0.6 is 11.8 Å². The van der Waals surface area contributed by atoms with Crippen LogP contribution in [0.15, 0.2) is 17.8 Å². The number of aromatic nitrogens is 4. The van der Waals surface area contributed by atoms with Gasteiger partial charge in [0, 0.05) is 17.8 Å². The average Bonchev–Trinajstić information content (AvgIpc) is 3.06. The highest BCUT2D eigenvalue weighted by atomic mass is 32.2. The van der Waals surface area contributed by atoms with E-state index in [1.54, 1.807) is 26.8 Å². The van der Waals surface area contributed by atoms with Crippen molar-refractivity contribution in [3.05, 3.63) is 41.0 Å². The van der Waals surface area contributed by atoms with Crippen LogP contribution in [0, 0.1) is 20.8 Å². The minimum Gasteiger partial charge on any atom is -0.461 e. The van der Waals surface area contributed by atoms with Crippen molar-refractivity contribution in [3.63, 3.8) is 0 Å². The van der Waals surface area contributed by atoms with E-state index in [2.05, 4.69) is 21.8 Å². The highest BCUT2D eigenvalue weighted by Gasteiger charge is 2.23. The van der Waals surface area contributed by atoms with Crippen LogP contribution in [0.4, 0.5) is 0 Å². The van der Waals surface area contributed by atoms with Gasteiger partial charge in [0.1, 0.15) is 11.5 Å². The van der Waals surface area contributed by atoms with E-state index in [0.717, 1.165) is 5.82 Å². The Kier molecular flexibility index (Phi) is 6.19. The molecule has 8 heteroatoms. The van der Waals surface area contributed by atoms with Crippen molar-refractivity contribution in [1.82, 2.24) is 19.7 Å². The number of Topliss-reactive ketones (excluding diaryl/α,β-unsaturated/α-hetero) is 1. The highest BCUT2D eigenvalue weighted by molar-refractivity contribution is 7.99. The number of aromatic amines is 1. The number of hydrogen-bond donors (Lipinski definition) is 1. The van der Waals surface area contributed by atoms with Crippen molar-refractivity contribution in [3.8, 4) is 0 Å². The molecule has 0 unspecified atom stereocenters. The Morgan fingerprint density at radius 3 is 2.68 bits per heavy atom. The number of nitrogens with zero attached hydrogens (tertiary/aromatic N) is 3. The van der Waals surface area contributed by atoms with Crippen LogP contribution in [-0.2, 0) is 11.3 Å². The van der Waals surface area contributed by atoms with E-state index in [-0.39, 0.29) is 18.1 Å². The zero-order valence-corrected chi connectivity index (χ0v) is 15.7. The Labute approximate surface area is 150 Å². The molecule has 0 aliphatic carbocycles. The second-order valence-electron chi connectivity index (χ2n) is 5.49. The van der Waals surface area contributed by atoms with E-state index in [0.29, 0.717) is 34.2 Å². The fourth-order valence-electron chi connectivity index (χ4n) is 2.59. The maximum atomic E-state index is 12.7. The SMILES string of the molecule is C=CCn1c(C)nnc1SCC(=O)c1c(C)[nH]c(C(=O)OCC)c1C. The fraction of sp³-hybridized carbons (Fsp3) is 0.412. The lowest BCUT2D eigenvalue weighted by atomic mass is 10.1. The van der Waals surface area contributed by atoms with E-state index in [1.807, 2.05) is 11.5 Å². The Balaban J connectivity index is 2.17. The van der Waals surface area contributed by atoms with Crippen molar-refractivity contribution < 1.29 is 14.3 Å². The number of thioether (sulfide) groups is 1. The molecule has 25 heavy (non-hydrogen) atoms. The van der Waals surface area contributed by atoms with Gasteiger partial charge in [-0.2, -0.15) is 0 Å². The van der Waals surface area contributed by atoms with Crippen LogP contribution in [0.2, 0.25) is 0 Å². The molecule has 7 nitrogen and oxygen atoms in total. The summed E-state index contributed by atoms with van der Waals surface area (Å²) >= 11 is 1.32. The monoisotopic (exact) mass is 362 g/mol. The lowest BCUT2D eigenvalue weighted by molar-refractivity contribution is 0.0519. The van der Waals surface area contributed by atoms with Crippen LogP contribution in [0.25, 0.3) is 0 Å². The van der Waals surface area contributed by atoms with Gasteiger partial charge in [-0.05, 0) is 33.3 Å². The van der Waals surface area contributed by atoms with Gasteiger partial charge in [-0.25, -0.2) is 4.79 Å². The first-order valence-corrected chi connectivity index (χ1v) is 8.92. The molecule has 1 N–H and O–H groups in total. The third kappa shape index (κ3) is 4.01. The topological polar surface area (TPSA) is 89.9 Å². The molecular weight excluding hydrogens is 340 g/mol. The molecule has 0 radical (unpaired) electrons. The van der Waals surface area contributed by atoms with Crippen LogP contribution in [0.5, 0.6) is 0 Å². The summed E-state index contributed by atoms with van der Waals surface area (Å²) in [7, 11) is 0. The minimum atomic E-state index is -0.448. The second-order valence-corrected chi connectivity index (χ2v) is 6.43. The van der Waals surface area contributed by atoms with E-state index in [9.17, 15) is 9.59 Å². The van der Waals surface area contributed by atoms with Crippen LogP contribution in [0.3, 0.4) is 0 Å². The lowest BCUT2D eigenvalue weighted by Gasteiger charge is -2.05. The molecule has 2 rings (SSSR count). The number of hydrogen-bond acceptors (Lipinski definition) is 6. The predicted molar refractivity (Wildman–Crippen MR) is 96.2 cm³/mol. The molecule has 2 heterocycles. The number of carbonyl (C=O) groups is 2. The quantitative estimate of drug-likeness (QED) is 0.336. The molecule has 0 saturated carbocycles. The first kappa shape index (κ1) is 19.0. The lowest BCUT2D eigenvalue weighted by Crippen LogP contribution is -2.09. The van der Waals surface area contributed by atoms with Crippen molar-refractivity contribution in [2.75, 3.05) is 12.4 Å². The number of carbonyl (C=O) groups excluding carboxylic acids is 2. The molecule has 0 fully saturated rings. The van der Waals surface area contributed by atoms with E-state index in [1.165, 1.54) is 11.8 Å². The molecule has 2 aromatic heterocycles. The smallest absolute Gasteiger partial charge is 0.355 e. The van der Waals surface area contributed by atoms with Gasteiger partial charge < -0.3 is 14.3 Å². The Morgan fingerprint density at radius 1 is 1.32 bits per heavy atom. The summed E-state index contributed by atoms with van der Waals surface area (Å²) < 4.78 is 6.91. The van der Waals surface area contributed by atoms with E-state index >= 15 is 0 Å². The molecule has 0 spiro atoms. The summed E-state index contributed by atoms with van der Waals surface area (Å²) in [5.74, 6) is 0.457. The molecule has 0 saturated heterocycles. The van der Waals surface area contributed by atoms with Gasteiger partial charge in [0.05, 0.1) is 12.4 Å². The number of H-pyrrole nitrogens is 1. The van der Waals surface area contributed by atoms with E-state index < -0.39 is 5.97 Å². The normalized spacial score (nSPS) is 10.7. The van der Waals surface area contributed by atoms with Crippen LogP contribution < -0.4 is 0 Å². The van der Waals surface area contributed by atoms with Crippen molar-refractivity contribution in [2.24, 2.45) is 0 Å². The second kappa shape index (κ2) is 8.15. The maximum absolute atomic E-state index is 12.7. The number of ether oxygens (including phenoxy) is 1. The molecule has 0 atom stereocenters. The maximum Gasteiger partial charge on any atom is 0.355 e. The van der Waals surface area contributed by atoms with Gasteiger partial charge in [0.15, 0.2) is 10.9 Å². The zero-order valence-electron chi connectivity index (χ0n) is 14.9. The largest absolute Gasteiger partial charge is 0.461 e. The molecular formula is C17H22N4O3S. The molecule has 0 aliphatic rings. The number of nitrogens with one attached hydrogen (secondary N) is 1. The number of rotatable bonds is 8. The fourth-order valence-corrected chi connectivity index (χ4v) is 3.45. The third-order valence-electron chi connectivity index (χ3n) is 3.74. The van der Waals surface area contributed by atoms with Crippen LogP contribution in [-0.4, -0.2) is 43.9 Å². The molecule has 0 aliphatic heterocycles. The summed E-state index contributed by atoms with van der Waals surface area (Å²) in [5.41, 5.74) is 2.14. The summed E-state index contributed by atoms with van der Waals surface area (Å²) in [6.07, 6.45) is 1.76. The standard InChI is InChI=1S/C17H22N4O3S/c1-6-8-21-12(5)19-20-17(21)25-9-13(22)14-10(3)15(18-11(14)4)16(23)24-7-2/h6,18H,1,7-9H2,2-5H3. The highest BCUT2D eigenvalue weighted by Crippen LogP contribution is 2.23. The van der Waals surface area contributed by atoms with Gasteiger partial charge in [-0.15, -0.1) is 16.8 Å². The number of esters is 1. The van der Waals surface area contributed by atoms with Gasteiger partial charge in [-0.3, -0.25) is 4.79 Å².